The van der Waals surface area contributed by atoms with Gasteiger partial charge in [0, 0.05) is 10.4 Å². The molecule has 1 unspecified atom stereocenters. The standard InChI is InChI=1S/C12H14Cl2O/c1-12(2,3)11(15)10(14)8-4-6-9(13)7-5-8/h4-7,10H,1-3H3. The number of hydrogen-bond donors (Lipinski definition) is 0. The van der Waals surface area contributed by atoms with Crippen LogP contribution in [0.3, 0.4) is 0 Å². The van der Waals surface area contributed by atoms with Crippen molar-refractivity contribution in [3.8, 4) is 0 Å². The van der Waals surface area contributed by atoms with E-state index >= 15 is 0 Å². The van der Waals surface area contributed by atoms with Crippen molar-refractivity contribution < 1.29 is 4.79 Å². The van der Waals surface area contributed by atoms with Crippen molar-refractivity contribution >= 4 is 29.0 Å². The third-order valence-electron chi connectivity index (χ3n) is 2.13. The second-order valence-electron chi connectivity index (χ2n) is 4.53. The third-order valence-corrected chi connectivity index (χ3v) is 2.83. The van der Waals surface area contributed by atoms with Gasteiger partial charge in [0.05, 0.1) is 0 Å². The molecule has 1 atom stereocenters. The van der Waals surface area contributed by atoms with Crippen molar-refractivity contribution in [1.29, 1.82) is 0 Å². The Bertz CT molecular complexity index is 349. The summed E-state index contributed by atoms with van der Waals surface area (Å²) in [5.74, 6) is 0.0199. The van der Waals surface area contributed by atoms with Gasteiger partial charge in [-0.05, 0) is 17.7 Å². The van der Waals surface area contributed by atoms with E-state index in [9.17, 15) is 4.79 Å². The monoisotopic (exact) mass is 244 g/mol. The predicted molar refractivity (Wildman–Crippen MR) is 64.5 cm³/mol. The summed E-state index contributed by atoms with van der Waals surface area (Å²) < 4.78 is 0. The maximum absolute atomic E-state index is 11.9. The Kier molecular flexibility index (Phi) is 3.80. The molecule has 0 spiro atoms. The minimum atomic E-state index is -0.595. The summed E-state index contributed by atoms with van der Waals surface area (Å²) in [6, 6.07) is 7.04. The van der Waals surface area contributed by atoms with Gasteiger partial charge < -0.3 is 0 Å². The molecule has 0 heterocycles. The van der Waals surface area contributed by atoms with Gasteiger partial charge in [0.15, 0.2) is 5.78 Å². The summed E-state index contributed by atoms with van der Waals surface area (Å²) in [4.78, 5) is 11.9. The normalized spacial score (nSPS) is 13.7. The van der Waals surface area contributed by atoms with E-state index in [1.165, 1.54) is 0 Å². The van der Waals surface area contributed by atoms with Crippen molar-refractivity contribution in [2.45, 2.75) is 26.1 Å². The van der Waals surface area contributed by atoms with E-state index in [2.05, 4.69) is 0 Å². The van der Waals surface area contributed by atoms with E-state index in [-0.39, 0.29) is 5.78 Å². The Balaban J connectivity index is 2.90. The van der Waals surface area contributed by atoms with Crippen molar-refractivity contribution in [1.82, 2.24) is 0 Å². The number of alkyl halides is 1. The van der Waals surface area contributed by atoms with Crippen LogP contribution in [0.1, 0.15) is 31.7 Å². The minimum Gasteiger partial charge on any atom is -0.297 e. The van der Waals surface area contributed by atoms with E-state index in [4.69, 9.17) is 23.2 Å². The zero-order chi connectivity index (χ0) is 11.6. The lowest BCUT2D eigenvalue weighted by Gasteiger charge is -2.20. The highest BCUT2D eigenvalue weighted by atomic mass is 35.5. The zero-order valence-corrected chi connectivity index (χ0v) is 10.6. The largest absolute Gasteiger partial charge is 0.297 e. The fraction of sp³-hybridized carbons (Fsp3) is 0.417. The van der Waals surface area contributed by atoms with Crippen molar-refractivity contribution in [2.75, 3.05) is 0 Å². The van der Waals surface area contributed by atoms with Crippen molar-refractivity contribution in [2.24, 2.45) is 5.41 Å². The van der Waals surface area contributed by atoms with Gasteiger partial charge in [0.1, 0.15) is 5.38 Å². The number of ketones is 1. The summed E-state index contributed by atoms with van der Waals surface area (Å²) in [7, 11) is 0. The first kappa shape index (κ1) is 12.5. The van der Waals surface area contributed by atoms with Crippen LogP contribution < -0.4 is 0 Å². The first-order valence-corrected chi connectivity index (χ1v) is 5.57. The van der Waals surface area contributed by atoms with E-state index in [1.807, 2.05) is 20.8 Å². The molecule has 0 aliphatic heterocycles. The molecule has 0 bridgehead atoms. The Labute approximate surface area is 100 Å². The number of carbonyl (C=O) groups excluding carboxylic acids is 1. The molecular weight excluding hydrogens is 231 g/mol. The molecule has 0 amide bonds. The van der Waals surface area contributed by atoms with Crippen LogP contribution in [0, 0.1) is 5.41 Å². The van der Waals surface area contributed by atoms with Crippen LogP contribution in [0.5, 0.6) is 0 Å². The average Bonchev–Trinajstić information content (AvgIpc) is 2.15. The van der Waals surface area contributed by atoms with Crippen LogP contribution in [0.15, 0.2) is 24.3 Å². The smallest absolute Gasteiger partial charge is 0.160 e. The van der Waals surface area contributed by atoms with E-state index in [1.54, 1.807) is 24.3 Å². The zero-order valence-electron chi connectivity index (χ0n) is 9.05. The molecule has 0 radical (unpaired) electrons. The maximum Gasteiger partial charge on any atom is 0.160 e. The SMILES string of the molecule is CC(C)(C)C(=O)C(Cl)c1ccc(Cl)cc1. The topological polar surface area (TPSA) is 17.1 Å². The van der Waals surface area contributed by atoms with Crippen LogP contribution in [-0.4, -0.2) is 5.78 Å². The molecule has 0 aliphatic rings. The highest BCUT2D eigenvalue weighted by Gasteiger charge is 2.29. The Hall–Kier alpha value is -0.530. The van der Waals surface area contributed by atoms with Crippen LogP contribution >= 0.6 is 23.2 Å². The number of rotatable bonds is 2. The third kappa shape index (κ3) is 3.22. The lowest BCUT2D eigenvalue weighted by atomic mass is 9.87. The first-order chi connectivity index (χ1) is 6.82. The number of hydrogen-bond acceptors (Lipinski definition) is 1. The summed E-state index contributed by atoms with van der Waals surface area (Å²) in [5.41, 5.74) is 0.368. The van der Waals surface area contributed by atoms with Crippen LogP contribution in [0.2, 0.25) is 5.02 Å². The molecule has 3 heteroatoms. The first-order valence-electron chi connectivity index (χ1n) is 4.76. The number of Topliss-reactive ketones (excluding diaryl/α,β-unsaturated/α-hetero) is 1. The Morgan fingerprint density at radius 3 is 2.07 bits per heavy atom. The molecule has 0 aromatic heterocycles. The predicted octanol–water partition coefficient (Wildman–Crippen LogP) is 4.24. The molecule has 1 nitrogen and oxygen atoms in total. The van der Waals surface area contributed by atoms with Crippen LogP contribution in [0.25, 0.3) is 0 Å². The van der Waals surface area contributed by atoms with Crippen molar-refractivity contribution in [3.63, 3.8) is 0 Å². The molecule has 1 aromatic carbocycles. The van der Waals surface area contributed by atoms with E-state index in [0.29, 0.717) is 5.02 Å². The summed E-state index contributed by atoms with van der Waals surface area (Å²) in [5, 5.41) is 0.0492. The van der Waals surface area contributed by atoms with Gasteiger partial charge in [-0.25, -0.2) is 0 Å². The number of halogens is 2. The molecule has 15 heavy (non-hydrogen) atoms. The molecule has 0 N–H and O–H groups in total. The Morgan fingerprint density at radius 2 is 1.67 bits per heavy atom. The summed E-state index contributed by atoms with van der Waals surface area (Å²) in [6.07, 6.45) is 0. The van der Waals surface area contributed by atoms with Gasteiger partial charge in [0.25, 0.3) is 0 Å². The maximum atomic E-state index is 11.9. The van der Waals surface area contributed by atoms with Gasteiger partial charge in [-0.1, -0.05) is 44.5 Å². The number of carbonyl (C=O) groups is 1. The molecule has 82 valence electrons. The van der Waals surface area contributed by atoms with Crippen molar-refractivity contribution in [3.05, 3.63) is 34.9 Å². The van der Waals surface area contributed by atoms with Crippen LogP contribution in [0.4, 0.5) is 0 Å². The van der Waals surface area contributed by atoms with Gasteiger partial charge in [-0.2, -0.15) is 0 Å². The van der Waals surface area contributed by atoms with Gasteiger partial charge in [-0.3, -0.25) is 4.79 Å². The van der Waals surface area contributed by atoms with E-state index < -0.39 is 10.8 Å². The molecule has 0 fully saturated rings. The second-order valence-corrected chi connectivity index (χ2v) is 5.40. The number of benzene rings is 1. The Morgan fingerprint density at radius 1 is 1.20 bits per heavy atom. The highest BCUT2D eigenvalue weighted by molar-refractivity contribution is 6.32. The van der Waals surface area contributed by atoms with Gasteiger partial charge in [-0.15, -0.1) is 11.6 Å². The van der Waals surface area contributed by atoms with Gasteiger partial charge in [0.2, 0.25) is 0 Å². The fourth-order valence-electron chi connectivity index (χ4n) is 1.16. The average molecular weight is 245 g/mol. The molecule has 0 aliphatic carbocycles. The molecule has 1 aromatic rings. The summed E-state index contributed by atoms with van der Waals surface area (Å²) >= 11 is 11.9. The molecule has 1 rings (SSSR count). The molecule has 0 saturated carbocycles. The highest BCUT2D eigenvalue weighted by Crippen LogP contribution is 2.30. The summed E-state index contributed by atoms with van der Waals surface area (Å²) in [6.45, 7) is 5.59. The fourth-order valence-corrected chi connectivity index (χ4v) is 1.76. The van der Waals surface area contributed by atoms with Crippen LogP contribution in [-0.2, 0) is 4.79 Å². The molecular formula is C12H14Cl2O. The lowest BCUT2D eigenvalue weighted by Crippen LogP contribution is -2.24. The van der Waals surface area contributed by atoms with E-state index in [0.717, 1.165) is 5.56 Å². The van der Waals surface area contributed by atoms with Gasteiger partial charge >= 0.3 is 0 Å². The minimum absolute atomic E-state index is 0.0199. The lowest BCUT2D eigenvalue weighted by molar-refractivity contribution is -0.126. The second kappa shape index (κ2) is 4.54. The quantitative estimate of drug-likeness (QED) is 0.712. The molecule has 0 saturated heterocycles.